The molecule has 0 radical (unpaired) electrons. The van der Waals surface area contributed by atoms with E-state index in [1.54, 1.807) is 14.2 Å². The fraction of sp³-hybridized carbons (Fsp3) is 0.716. The number of nitrogens with one attached hydrogen (secondary N) is 4. The number of methoxy groups -OCH3 is 2. The van der Waals surface area contributed by atoms with Gasteiger partial charge < -0.3 is 169 Å². The van der Waals surface area contributed by atoms with E-state index in [4.69, 9.17) is 138 Å². The number of nitrogens with zero attached hydrogens (tertiary/aromatic N) is 6. The Morgan fingerprint density at radius 2 is 0.671 bits per heavy atom. The molecule has 44 nitrogen and oxygen atoms in total. The van der Waals surface area contributed by atoms with E-state index in [0.29, 0.717) is 353 Å². The van der Waals surface area contributed by atoms with Gasteiger partial charge in [0.15, 0.2) is 5.65 Å². The predicted octanol–water partition coefficient (Wildman–Crippen LogP) is 4.93. The number of aryl methyl sites for hydroxylation is 2. The SMILES string of the molecule is COCCOCCOCCOCCNC(=O)CCOCC(COCCC(=O)CCCOCCOCCOCCOCCOCCOCCOCCOCCOCCOCCOCCOCCC(=O)CCc1ccc(COc2nc(N)nc3nc[nH]c23)cc1)(COCCC(=O)NCCOCCOCCOCCOCCOCCOCCOCCOC)NC(=O)CCC[n+]1c2cc(N(C)C)ccc2cc2ccc(N(C)C)cc21. The van der Waals surface area contributed by atoms with Crippen LogP contribution < -0.4 is 40.8 Å². The van der Waals surface area contributed by atoms with Gasteiger partial charge in [-0.25, -0.2) is 4.98 Å². The largest absolute Gasteiger partial charge is 0.471 e. The summed E-state index contributed by atoms with van der Waals surface area (Å²) in [6.07, 6.45) is 4.30. The highest BCUT2D eigenvalue weighted by atomic mass is 16.6. The number of ketones is 2. The third-order valence-corrected chi connectivity index (χ3v) is 21.4. The van der Waals surface area contributed by atoms with E-state index in [-0.39, 0.29) is 133 Å². The summed E-state index contributed by atoms with van der Waals surface area (Å²) < 4.78 is 160. The van der Waals surface area contributed by atoms with Gasteiger partial charge in [0, 0.05) is 148 Å². The number of hydrogen-bond acceptors (Lipinski definition) is 39. The fourth-order valence-corrected chi connectivity index (χ4v) is 13.6. The van der Waals surface area contributed by atoms with Crippen molar-refractivity contribution in [2.24, 2.45) is 0 Å². The minimum Gasteiger partial charge on any atom is -0.471 e. The number of pyridine rings is 1. The summed E-state index contributed by atoms with van der Waals surface area (Å²) in [4.78, 5) is 86.1. The quantitative estimate of drug-likeness (QED) is 0.0192. The first kappa shape index (κ1) is 126. The first-order valence-electron chi connectivity index (χ1n) is 50.9. The van der Waals surface area contributed by atoms with Crippen molar-refractivity contribution >= 4 is 79.6 Å². The third kappa shape index (κ3) is 63.7. The first-order valence-corrected chi connectivity index (χ1v) is 50.9. The molecule has 1 atom stereocenters. The highest BCUT2D eigenvalue weighted by molar-refractivity contribution is 5.91. The number of imidazole rings is 1. The number of nitrogens with two attached hydrogens (primary N) is 1. The van der Waals surface area contributed by atoms with Crippen molar-refractivity contribution in [2.75, 3.05) is 415 Å². The lowest BCUT2D eigenvalue weighted by Crippen LogP contribution is -2.58. The Labute approximate surface area is 860 Å². The minimum atomic E-state index is -1.34. The number of aromatic nitrogens is 5. The molecular weight excluding hydrogens is 1910 g/mol. The van der Waals surface area contributed by atoms with Gasteiger partial charge in [0.25, 0.3) is 0 Å². The summed E-state index contributed by atoms with van der Waals surface area (Å²) in [6.45, 7) is 20.1. The third-order valence-electron chi connectivity index (χ3n) is 21.4. The maximum Gasteiger partial charge on any atom is 0.245 e. The molecule has 1 unspecified atom stereocenters. The zero-order valence-electron chi connectivity index (χ0n) is 87.3. The maximum absolute atomic E-state index is 14.6. The van der Waals surface area contributed by atoms with Crippen LogP contribution in [0.1, 0.15) is 68.9 Å². The molecule has 3 amide bonds. The molecule has 3 aromatic carbocycles. The van der Waals surface area contributed by atoms with Gasteiger partial charge in [-0.3, -0.25) is 24.0 Å². The van der Waals surface area contributed by atoms with Gasteiger partial charge in [-0.1, -0.05) is 24.3 Å². The Balaban J connectivity index is 0.780. The number of ether oxygens (including phenoxy) is 28. The van der Waals surface area contributed by atoms with Gasteiger partial charge >= 0.3 is 0 Å². The van der Waals surface area contributed by atoms with Gasteiger partial charge in [-0.15, -0.1) is 0 Å². The lowest BCUT2D eigenvalue weighted by molar-refractivity contribution is -0.645. The number of nitrogen functional groups attached to an aromatic ring is 1. The number of aromatic amines is 1. The van der Waals surface area contributed by atoms with Gasteiger partial charge in [0.2, 0.25) is 40.6 Å². The highest BCUT2D eigenvalue weighted by Crippen LogP contribution is 2.27. The molecule has 146 heavy (non-hydrogen) atoms. The summed E-state index contributed by atoms with van der Waals surface area (Å²) >= 11 is 0. The van der Waals surface area contributed by atoms with E-state index in [1.165, 1.54) is 6.33 Å². The average molecular weight is 2080 g/mol. The number of amides is 3. The maximum atomic E-state index is 14.6. The molecule has 6 N–H and O–H groups in total. The molecule has 3 heterocycles. The summed E-state index contributed by atoms with van der Waals surface area (Å²) in [5, 5.41) is 11.1. The van der Waals surface area contributed by atoms with Gasteiger partial charge in [-0.05, 0) is 54.3 Å². The highest BCUT2D eigenvalue weighted by Gasteiger charge is 2.35. The van der Waals surface area contributed by atoms with Crippen molar-refractivity contribution in [3.63, 3.8) is 0 Å². The topological polar surface area (TPSA) is 471 Å². The van der Waals surface area contributed by atoms with Crippen LogP contribution in [-0.2, 0) is 171 Å². The zero-order valence-corrected chi connectivity index (χ0v) is 87.3. The molecule has 0 aliphatic rings. The van der Waals surface area contributed by atoms with Crippen LogP contribution >= 0.6 is 0 Å². The minimum absolute atomic E-state index is 0.00328. The van der Waals surface area contributed by atoms with Crippen LogP contribution in [0.2, 0.25) is 0 Å². The van der Waals surface area contributed by atoms with E-state index < -0.39 is 5.54 Å². The molecule has 0 bridgehead atoms. The van der Waals surface area contributed by atoms with E-state index in [1.807, 2.05) is 52.5 Å². The second-order valence-corrected chi connectivity index (χ2v) is 33.6. The number of carbonyl (C=O) groups excluding carboxylic acids is 5. The van der Waals surface area contributed by atoms with E-state index in [2.05, 4.69) is 92.7 Å². The van der Waals surface area contributed by atoms with Crippen LogP contribution in [-0.4, -0.2) is 454 Å². The number of benzene rings is 3. The number of H-pyrrole nitrogens is 1. The van der Waals surface area contributed by atoms with Crippen LogP contribution in [0.4, 0.5) is 17.3 Å². The van der Waals surface area contributed by atoms with Crippen LogP contribution in [0.5, 0.6) is 5.88 Å². The Kier molecular flexibility index (Phi) is 74.8. The lowest BCUT2D eigenvalue weighted by atomic mass is 10.0. The van der Waals surface area contributed by atoms with Crippen molar-refractivity contribution in [3.8, 4) is 5.88 Å². The molecule has 6 aromatic rings. The predicted molar refractivity (Wildman–Crippen MR) is 544 cm³/mol. The van der Waals surface area contributed by atoms with Crippen LogP contribution in [0.25, 0.3) is 33.0 Å². The fourth-order valence-electron chi connectivity index (χ4n) is 13.6. The monoisotopic (exact) mass is 2080 g/mol. The molecule has 0 aliphatic carbocycles. The van der Waals surface area contributed by atoms with E-state index in [9.17, 15) is 24.0 Å². The molecular formula is C102H168N11O33+. The molecule has 44 heteroatoms. The summed E-state index contributed by atoms with van der Waals surface area (Å²) in [7, 11) is 11.3. The van der Waals surface area contributed by atoms with Gasteiger partial charge in [0.1, 0.15) is 35.8 Å². The normalized spacial score (nSPS) is 12.1. The molecule has 828 valence electrons. The molecule has 6 rings (SSSR count). The number of fused-ring (bicyclic) bond motifs is 3. The van der Waals surface area contributed by atoms with Crippen molar-refractivity contribution in [1.29, 1.82) is 0 Å². The Morgan fingerprint density at radius 1 is 0.342 bits per heavy atom. The Hall–Kier alpha value is -8.25. The summed E-state index contributed by atoms with van der Waals surface area (Å²) in [5.41, 5.74) is 11.6. The Bertz CT molecular complexity index is 4180. The number of carbonyl (C=O) groups is 5. The zero-order chi connectivity index (χ0) is 104. The van der Waals surface area contributed by atoms with E-state index >= 15 is 0 Å². The van der Waals surface area contributed by atoms with Crippen LogP contribution in [0.15, 0.2) is 73.1 Å². The smallest absolute Gasteiger partial charge is 0.245 e. The number of rotatable bonds is 104. The molecule has 0 spiro atoms. The number of anilines is 3. The molecule has 3 aromatic heterocycles. The Morgan fingerprint density at radius 3 is 1.04 bits per heavy atom. The second-order valence-electron chi connectivity index (χ2n) is 33.6. The first-order chi connectivity index (χ1) is 71.6. The number of Topliss-reactive ketones (excluding diaryl/α,β-unsaturated/α-hetero) is 2. The molecule has 0 fully saturated rings. The van der Waals surface area contributed by atoms with Crippen molar-refractivity contribution in [3.05, 3.63) is 84.2 Å². The molecule has 0 aliphatic heterocycles. The second kappa shape index (κ2) is 86.4. The van der Waals surface area contributed by atoms with Crippen LogP contribution in [0.3, 0.4) is 0 Å². The molecule has 0 saturated heterocycles. The molecule has 0 saturated carbocycles. The van der Waals surface area contributed by atoms with Crippen LogP contribution in [0, 0.1) is 0 Å². The van der Waals surface area contributed by atoms with Crippen molar-refractivity contribution < 1.29 is 161 Å². The summed E-state index contributed by atoms with van der Waals surface area (Å²) in [6, 6.07) is 22.8. The van der Waals surface area contributed by atoms with Crippen molar-refractivity contribution in [1.82, 2.24) is 35.9 Å². The number of hydrogen-bond donors (Lipinski definition) is 5. The van der Waals surface area contributed by atoms with Gasteiger partial charge in [0.05, 0.1) is 343 Å². The lowest BCUT2D eigenvalue weighted by Gasteiger charge is -2.34. The standard InChI is InChI=1S/C102H167N11O33/c1-111(2)89-18-16-87-77-88-17-19-90(112(3)4)79-94(88)113(93(87)78-89)27-7-10-97(118)110-102(82-144-31-23-95(116)104-25-33-123-41-45-129-49-47-125-37-35-119-5,83-145-32-24-96(117)105-26-34-124-42-46-130-53-56-134-61-64-138-66-65-135-58-57-131-50-48-126-38-36-120-6)81-143-30-22-91(114)9-8-28-121-39-43-127-51-54-132-59-62-136-67-69-139-71-73-141-75-76-142-74-72-140-70-68-137-63-60-133-55-52-128-44-40-122-29-21-92(115)20-15-85-11-13-86(14-12-85)80-146-100-98-99(107-84-106-98)108-101(103)109-100/h11-14,16-19,77-79,84H,7-10,15,20-76,80-83H2,1-6H3,(H5-,103,104,105,106,107,108,109,110,116,117,118)/p+1. The van der Waals surface area contributed by atoms with Crippen molar-refractivity contribution in [2.45, 2.75) is 82.9 Å². The van der Waals surface area contributed by atoms with Gasteiger partial charge in [-0.2, -0.15) is 14.5 Å². The van der Waals surface area contributed by atoms with E-state index in [0.717, 1.165) is 44.3 Å². The summed E-state index contributed by atoms with van der Waals surface area (Å²) in [5.74, 6) is -0.322. The average Bonchev–Trinajstić information content (AvgIpc) is 0.762.